The normalized spacial score (nSPS) is 11.8. The lowest BCUT2D eigenvalue weighted by Gasteiger charge is -2.20. The fraction of sp³-hybridized carbons (Fsp3) is 0.0952. The average molecular weight is 436 g/mol. The van der Waals surface area contributed by atoms with Gasteiger partial charge < -0.3 is 11.1 Å². The van der Waals surface area contributed by atoms with Crippen LogP contribution in [-0.2, 0) is 0 Å². The summed E-state index contributed by atoms with van der Waals surface area (Å²) in [7, 11) is 0. The van der Waals surface area contributed by atoms with Crippen molar-refractivity contribution in [3.8, 4) is 11.8 Å². The SMILES string of the molecule is C[C@H](Nc1nc(N)ncc1C#N)c1nc2cccc(Cl)c2c(=O)n1-c1ccc(F)cc1. The minimum Gasteiger partial charge on any atom is -0.368 e. The van der Waals surface area contributed by atoms with Crippen LogP contribution in [0.25, 0.3) is 16.6 Å². The first-order valence-electron chi connectivity index (χ1n) is 9.15. The van der Waals surface area contributed by atoms with Gasteiger partial charge >= 0.3 is 0 Å². The molecule has 0 radical (unpaired) electrons. The van der Waals surface area contributed by atoms with Crippen molar-refractivity contribution in [1.29, 1.82) is 5.26 Å². The van der Waals surface area contributed by atoms with Gasteiger partial charge in [0.1, 0.15) is 29.1 Å². The fourth-order valence-electron chi connectivity index (χ4n) is 3.19. The van der Waals surface area contributed by atoms with E-state index in [1.807, 2.05) is 6.07 Å². The molecule has 0 fully saturated rings. The molecule has 31 heavy (non-hydrogen) atoms. The summed E-state index contributed by atoms with van der Waals surface area (Å²) in [5, 5.41) is 12.9. The molecule has 0 spiro atoms. The Morgan fingerprint density at radius 3 is 2.68 bits per heavy atom. The van der Waals surface area contributed by atoms with Gasteiger partial charge in [-0.05, 0) is 43.3 Å². The average Bonchev–Trinajstić information content (AvgIpc) is 2.74. The van der Waals surface area contributed by atoms with Crippen LogP contribution in [0.5, 0.6) is 0 Å². The molecule has 0 aliphatic rings. The number of nitrogens with one attached hydrogen (secondary N) is 1. The summed E-state index contributed by atoms with van der Waals surface area (Å²) >= 11 is 6.27. The monoisotopic (exact) mass is 435 g/mol. The van der Waals surface area contributed by atoms with Crippen molar-refractivity contribution in [3.63, 3.8) is 0 Å². The molecule has 8 nitrogen and oxygen atoms in total. The van der Waals surface area contributed by atoms with Gasteiger partial charge in [-0.3, -0.25) is 9.36 Å². The summed E-state index contributed by atoms with van der Waals surface area (Å²) in [5.74, 6) is 0.0651. The van der Waals surface area contributed by atoms with E-state index in [-0.39, 0.29) is 27.7 Å². The lowest BCUT2D eigenvalue weighted by atomic mass is 10.2. The lowest BCUT2D eigenvalue weighted by molar-refractivity contribution is 0.626. The molecule has 0 saturated carbocycles. The Labute approximate surface area is 180 Å². The molecule has 0 unspecified atom stereocenters. The molecule has 0 aliphatic heterocycles. The highest BCUT2D eigenvalue weighted by atomic mass is 35.5. The van der Waals surface area contributed by atoms with Crippen LogP contribution in [0.15, 0.2) is 53.5 Å². The number of anilines is 2. The number of rotatable bonds is 4. The molecule has 2 aromatic carbocycles. The number of aromatic nitrogens is 4. The van der Waals surface area contributed by atoms with Crippen LogP contribution in [-0.4, -0.2) is 19.5 Å². The van der Waals surface area contributed by atoms with Crippen molar-refractivity contribution in [2.45, 2.75) is 13.0 Å². The topological polar surface area (TPSA) is 123 Å². The zero-order valence-corrected chi connectivity index (χ0v) is 16.9. The maximum atomic E-state index is 13.5. The quantitative estimate of drug-likeness (QED) is 0.502. The van der Waals surface area contributed by atoms with E-state index < -0.39 is 17.4 Å². The molecular formula is C21H15ClFN7O. The number of nitrogen functional groups attached to an aromatic ring is 1. The first-order chi connectivity index (χ1) is 14.9. The zero-order valence-electron chi connectivity index (χ0n) is 16.2. The van der Waals surface area contributed by atoms with Crippen LogP contribution in [0, 0.1) is 17.1 Å². The number of fused-ring (bicyclic) bond motifs is 1. The smallest absolute Gasteiger partial charge is 0.267 e. The summed E-state index contributed by atoms with van der Waals surface area (Å²) in [6, 6.07) is 11.8. The Hall–Kier alpha value is -4.03. The van der Waals surface area contributed by atoms with Crippen molar-refractivity contribution >= 4 is 34.3 Å². The van der Waals surface area contributed by atoms with E-state index in [0.717, 1.165) is 0 Å². The van der Waals surface area contributed by atoms with Crippen LogP contribution < -0.4 is 16.6 Å². The summed E-state index contributed by atoms with van der Waals surface area (Å²) in [5.41, 5.74) is 6.24. The Morgan fingerprint density at radius 1 is 1.23 bits per heavy atom. The van der Waals surface area contributed by atoms with Gasteiger partial charge in [-0.25, -0.2) is 14.4 Å². The maximum absolute atomic E-state index is 13.5. The van der Waals surface area contributed by atoms with Crippen LogP contribution >= 0.6 is 11.6 Å². The number of benzene rings is 2. The second-order valence-electron chi connectivity index (χ2n) is 6.69. The van der Waals surface area contributed by atoms with Gasteiger partial charge in [0.25, 0.3) is 5.56 Å². The van der Waals surface area contributed by atoms with Gasteiger partial charge in [0.2, 0.25) is 5.95 Å². The van der Waals surface area contributed by atoms with Crippen molar-refractivity contribution in [3.05, 3.63) is 81.2 Å². The maximum Gasteiger partial charge on any atom is 0.267 e. The third kappa shape index (κ3) is 3.76. The van der Waals surface area contributed by atoms with Crippen molar-refractivity contribution < 1.29 is 4.39 Å². The predicted molar refractivity (Wildman–Crippen MR) is 116 cm³/mol. The largest absolute Gasteiger partial charge is 0.368 e. The van der Waals surface area contributed by atoms with Gasteiger partial charge in [-0.1, -0.05) is 17.7 Å². The molecule has 0 amide bonds. The molecular weight excluding hydrogens is 421 g/mol. The summed E-state index contributed by atoms with van der Waals surface area (Å²) < 4.78 is 14.8. The number of halogens is 2. The molecule has 4 rings (SSSR count). The number of nitrogens with two attached hydrogens (primary N) is 1. The highest BCUT2D eigenvalue weighted by Crippen LogP contribution is 2.25. The van der Waals surface area contributed by atoms with E-state index in [1.165, 1.54) is 35.0 Å². The predicted octanol–water partition coefficient (Wildman–Crippen LogP) is 3.60. The number of hydrogen-bond donors (Lipinski definition) is 2. The van der Waals surface area contributed by atoms with Crippen LogP contribution in [0.1, 0.15) is 24.4 Å². The third-order valence-corrected chi connectivity index (χ3v) is 4.94. The Bertz CT molecular complexity index is 1400. The van der Waals surface area contributed by atoms with Gasteiger partial charge in [0.15, 0.2) is 0 Å². The standard InChI is InChI=1S/C21H15ClFN7O/c1-11(27-18-12(9-24)10-26-21(25)29-18)19-28-16-4-2-3-15(22)17(16)20(31)30(19)14-7-5-13(23)6-8-14/h2-8,10-11H,1H3,(H3,25,26,27,29)/t11-/m0/s1. The molecule has 2 aromatic heterocycles. The van der Waals surface area contributed by atoms with E-state index in [4.69, 9.17) is 17.3 Å². The fourth-order valence-corrected chi connectivity index (χ4v) is 3.44. The molecule has 0 bridgehead atoms. The van der Waals surface area contributed by atoms with E-state index >= 15 is 0 Å². The van der Waals surface area contributed by atoms with Crippen LogP contribution in [0.3, 0.4) is 0 Å². The van der Waals surface area contributed by atoms with E-state index in [2.05, 4.69) is 20.3 Å². The van der Waals surface area contributed by atoms with Gasteiger partial charge in [-0.15, -0.1) is 0 Å². The number of nitrogens with zero attached hydrogens (tertiary/aromatic N) is 5. The summed E-state index contributed by atoms with van der Waals surface area (Å²) in [4.78, 5) is 25.9. The lowest BCUT2D eigenvalue weighted by Crippen LogP contribution is -2.27. The van der Waals surface area contributed by atoms with Gasteiger partial charge in [0.05, 0.1) is 33.9 Å². The van der Waals surface area contributed by atoms with Crippen molar-refractivity contribution in [2.75, 3.05) is 11.1 Å². The van der Waals surface area contributed by atoms with Crippen LogP contribution in [0.4, 0.5) is 16.2 Å². The molecule has 154 valence electrons. The molecule has 4 aromatic rings. The summed E-state index contributed by atoms with van der Waals surface area (Å²) in [6.07, 6.45) is 1.30. The highest BCUT2D eigenvalue weighted by molar-refractivity contribution is 6.35. The number of hydrogen-bond acceptors (Lipinski definition) is 7. The highest BCUT2D eigenvalue weighted by Gasteiger charge is 2.21. The van der Waals surface area contributed by atoms with Crippen molar-refractivity contribution in [2.24, 2.45) is 0 Å². The molecule has 0 aliphatic carbocycles. The molecule has 10 heteroatoms. The van der Waals surface area contributed by atoms with Gasteiger partial charge in [0, 0.05) is 0 Å². The Kier molecular flexibility index (Phi) is 5.23. The van der Waals surface area contributed by atoms with E-state index in [1.54, 1.807) is 25.1 Å². The Balaban J connectivity index is 1.93. The minimum absolute atomic E-state index is 0.0112. The van der Waals surface area contributed by atoms with E-state index in [9.17, 15) is 14.4 Å². The minimum atomic E-state index is -0.595. The summed E-state index contributed by atoms with van der Waals surface area (Å²) in [6.45, 7) is 1.75. The second-order valence-corrected chi connectivity index (χ2v) is 7.10. The first-order valence-corrected chi connectivity index (χ1v) is 9.53. The second kappa shape index (κ2) is 8.01. The van der Waals surface area contributed by atoms with Crippen LogP contribution in [0.2, 0.25) is 5.02 Å². The first kappa shape index (κ1) is 20.3. The molecule has 0 saturated heterocycles. The zero-order chi connectivity index (χ0) is 22.1. The van der Waals surface area contributed by atoms with Crippen molar-refractivity contribution in [1.82, 2.24) is 19.5 Å². The number of nitriles is 1. The Morgan fingerprint density at radius 2 is 1.97 bits per heavy atom. The molecule has 1 atom stereocenters. The van der Waals surface area contributed by atoms with E-state index in [0.29, 0.717) is 17.0 Å². The molecule has 3 N–H and O–H groups in total. The third-order valence-electron chi connectivity index (χ3n) is 4.63. The van der Waals surface area contributed by atoms with Gasteiger partial charge in [-0.2, -0.15) is 10.2 Å². The molecule has 2 heterocycles.